The zero-order valence-electron chi connectivity index (χ0n) is 15.4. The van der Waals surface area contributed by atoms with E-state index in [-0.39, 0.29) is 18.4 Å². The van der Waals surface area contributed by atoms with Crippen molar-refractivity contribution >= 4 is 23.2 Å². The van der Waals surface area contributed by atoms with Crippen molar-refractivity contribution in [3.63, 3.8) is 0 Å². The molecule has 1 atom stereocenters. The van der Waals surface area contributed by atoms with E-state index in [0.29, 0.717) is 27.2 Å². The lowest BCUT2D eigenvalue weighted by Gasteiger charge is -2.23. The van der Waals surface area contributed by atoms with E-state index in [1.165, 1.54) is 0 Å². The maximum atomic E-state index is 9.62. The van der Waals surface area contributed by atoms with Crippen LogP contribution in [0.25, 0.3) is 0 Å². The van der Waals surface area contributed by atoms with Gasteiger partial charge in [-0.3, -0.25) is 5.10 Å². The third-order valence-corrected chi connectivity index (χ3v) is 5.50. The third-order valence-electron chi connectivity index (χ3n) is 4.79. The van der Waals surface area contributed by atoms with Gasteiger partial charge in [-0.1, -0.05) is 41.4 Å². The van der Waals surface area contributed by atoms with E-state index >= 15 is 0 Å². The van der Waals surface area contributed by atoms with E-state index in [2.05, 4.69) is 16.3 Å². The van der Waals surface area contributed by atoms with Crippen molar-refractivity contribution in [2.24, 2.45) is 5.73 Å². The lowest BCUT2D eigenvalue weighted by atomic mass is 9.84. The summed E-state index contributed by atoms with van der Waals surface area (Å²) in [5.74, 6) is 0.730. The van der Waals surface area contributed by atoms with Gasteiger partial charge in [0, 0.05) is 26.9 Å². The molecular formula is C21H16Cl2N4O2. The fourth-order valence-corrected chi connectivity index (χ4v) is 3.82. The van der Waals surface area contributed by atoms with Crippen LogP contribution in [0.4, 0.5) is 0 Å². The number of allylic oxidation sites excluding steroid dienone is 1. The molecule has 29 heavy (non-hydrogen) atoms. The minimum Gasteiger partial charge on any atom is -0.489 e. The Labute approximate surface area is 177 Å². The Morgan fingerprint density at radius 1 is 1.21 bits per heavy atom. The molecule has 1 aliphatic rings. The van der Waals surface area contributed by atoms with Gasteiger partial charge in [0.1, 0.15) is 24.0 Å². The molecule has 0 radical (unpaired) electrons. The molecule has 0 bridgehead atoms. The average molecular weight is 427 g/mol. The van der Waals surface area contributed by atoms with Gasteiger partial charge in [0.05, 0.1) is 5.92 Å². The molecule has 2 heterocycles. The highest BCUT2D eigenvalue weighted by Crippen LogP contribution is 2.42. The first kappa shape index (κ1) is 19.2. The summed E-state index contributed by atoms with van der Waals surface area (Å²) in [6.07, 6.45) is 0. The Kier molecular flexibility index (Phi) is 5.10. The molecule has 1 aromatic heterocycles. The van der Waals surface area contributed by atoms with Crippen LogP contribution in [0.5, 0.6) is 11.6 Å². The molecule has 4 rings (SSSR count). The summed E-state index contributed by atoms with van der Waals surface area (Å²) < 4.78 is 11.3. The van der Waals surface area contributed by atoms with Gasteiger partial charge >= 0.3 is 0 Å². The molecule has 2 aromatic carbocycles. The Hall–Kier alpha value is -3.14. The van der Waals surface area contributed by atoms with Gasteiger partial charge in [0.2, 0.25) is 11.8 Å². The second-order valence-electron chi connectivity index (χ2n) is 6.55. The molecule has 0 saturated carbocycles. The fraction of sp³-hybridized carbons (Fsp3) is 0.143. The van der Waals surface area contributed by atoms with Crippen molar-refractivity contribution in [2.45, 2.75) is 19.4 Å². The lowest BCUT2D eigenvalue weighted by Crippen LogP contribution is -2.21. The molecule has 146 valence electrons. The number of halogens is 2. The number of aromatic nitrogens is 2. The number of benzene rings is 2. The van der Waals surface area contributed by atoms with Crippen LogP contribution >= 0.6 is 23.2 Å². The van der Waals surface area contributed by atoms with Crippen molar-refractivity contribution in [3.05, 3.63) is 86.4 Å². The average Bonchev–Trinajstić information content (AvgIpc) is 3.07. The summed E-state index contributed by atoms with van der Waals surface area (Å²) in [5, 5.41) is 17.7. The molecule has 3 aromatic rings. The Balaban J connectivity index is 1.61. The Morgan fingerprint density at radius 2 is 1.90 bits per heavy atom. The number of fused-ring (bicyclic) bond motifs is 1. The van der Waals surface area contributed by atoms with Crippen LogP contribution in [-0.2, 0) is 6.61 Å². The quantitative estimate of drug-likeness (QED) is 0.622. The standard InChI is InChI=1S/C21H16Cl2N4O2/c1-11-18-19(14(9-24)20(25)29-21(18)27-26-11)12-5-7-13(8-6-12)28-10-15-16(22)3-2-4-17(15)23/h2-8,19H,10,25H2,1H3,(H,26,27). The van der Waals surface area contributed by atoms with Crippen molar-refractivity contribution < 1.29 is 9.47 Å². The van der Waals surface area contributed by atoms with E-state index in [0.717, 1.165) is 22.4 Å². The monoisotopic (exact) mass is 426 g/mol. The van der Waals surface area contributed by atoms with Crippen LogP contribution in [0, 0.1) is 18.3 Å². The molecule has 8 heteroatoms. The summed E-state index contributed by atoms with van der Waals surface area (Å²) in [7, 11) is 0. The van der Waals surface area contributed by atoms with Gasteiger partial charge in [-0.15, -0.1) is 5.10 Å². The van der Waals surface area contributed by atoms with Gasteiger partial charge in [0.15, 0.2) is 0 Å². The molecule has 0 amide bonds. The lowest BCUT2D eigenvalue weighted by molar-refractivity contribution is 0.306. The fourth-order valence-electron chi connectivity index (χ4n) is 3.31. The molecule has 0 saturated heterocycles. The first-order valence-electron chi connectivity index (χ1n) is 8.77. The minimum absolute atomic E-state index is 0.0604. The summed E-state index contributed by atoms with van der Waals surface area (Å²) in [6.45, 7) is 2.12. The highest BCUT2D eigenvalue weighted by molar-refractivity contribution is 6.35. The second-order valence-corrected chi connectivity index (χ2v) is 7.36. The number of hydrogen-bond donors (Lipinski definition) is 2. The van der Waals surface area contributed by atoms with E-state index in [4.69, 9.17) is 38.4 Å². The molecule has 1 aliphatic heterocycles. The van der Waals surface area contributed by atoms with Crippen LogP contribution in [0.15, 0.2) is 53.9 Å². The zero-order valence-corrected chi connectivity index (χ0v) is 16.9. The van der Waals surface area contributed by atoms with Gasteiger partial charge in [-0.25, -0.2) is 0 Å². The number of nitrogens with two attached hydrogens (primary N) is 1. The predicted molar refractivity (Wildman–Crippen MR) is 110 cm³/mol. The van der Waals surface area contributed by atoms with Crippen LogP contribution in [0.2, 0.25) is 10.0 Å². The number of nitrogens with zero attached hydrogens (tertiary/aromatic N) is 2. The molecule has 0 aliphatic carbocycles. The number of H-pyrrole nitrogens is 1. The predicted octanol–water partition coefficient (Wildman–Crippen LogP) is 4.82. The van der Waals surface area contributed by atoms with E-state index in [1.54, 1.807) is 18.2 Å². The highest BCUT2D eigenvalue weighted by atomic mass is 35.5. The van der Waals surface area contributed by atoms with Gasteiger partial charge in [-0.05, 0) is 36.8 Å². The Morgan fingerprint density at radius 3 is 2.55 bits per heavy atom. The van der Waals surface area contributed by atoms with E-state index in [9.17, 15) is 5.26 Å². The van der Waals surface area contributed by atoms with Crippen molar-refractivity contribution in [3.8, 4) is 17.7 Å². The minimum atomic E-state index is -0.366. The highest BCUT2D eigenvalue weighted by Gasteiger charge is 2.34. The number of nitrogens with one attached hydrogen (secondary N) is 1. The van der Waals surface area contributed by atoms with Crippen LogP contribution in [0.1, 0.15) is 28.3 Å². The number of rotatable bonds is 4. The van der Waals surface area contributed by atoms with Gasteiger partial charge in [-0.2, -0.15) is 5.26 Å². The number of aryl methyl sites for hydroxylation is 1. The van der Waals surface area contributed by atoms with E-state index < -0.39 is 0 Å². The van der Waals surface area contributed by atoms with Crippen LogP contribution in [-0.4, -0.2) is 10.2 Å². The second kappa shape index (κ2) is 7.70. The summed E-state index contributed by atoms with van der Waals surface area (Å²) in [5.41, 5.74) is 9.51. The molecule has 3 N–H and O–H groups in total. The summed E-state index contributed by atoms with van der Waals surface area (Å²) in [4.78, 5) is 0. The zero-order chi connectivity index (χ0) is 20.5. The van der Waals surface area contributed by atoms with Gasteiger partial charge in [0.25, 0.3) is 0 Å². The first-order chi connectivity index (χ1) is 14.0. The molecule has 0 fully saturated rings. The molecular weight excluding hydrogens is 411 g/mol. The maximum absolute atomic E-state index is 9.62. The molecule has 6 nitrogen and oxygen atoms in total. The molecule has 0 spiro atoms. The topological polar surface area (TPSA) is 97.0 Å². The van der Waals surface area contributed by atoms with E-state index in [1.807, 2.05) is 31.2 Å². The summed E-state index contributed by atoms with van der Waals surface area (Å²) >= 11 is 12.4. The number of hydrogen-bond acceptors (Lipinski definition) is 5. The van der Waals surface area contributed by atoms with Crippen molar-refractivity contribution in [1.29, 1.82) is 5.26 Å². The number of nitriles is 1. The maximum Gasteiger partial charge on any atom is 0.244 e. The molecule has 1 unspecified atom stereocenters. The SMILES string of the molecule is Cc1[nH]nc2c1C(c1ccc(OCc3c(Cl)cccc3Cl)cc1)C(C#N)=C(N)O2. The van der Waals surface area contributed by atoms with Gasteiger partial charge < -0.3 is 15.2 Å². The first-order valence-corrected chi connectivity index (χ1v) is 9.53. The smallest absolute Gasteiger partial charge is 0.244 e. The van der Waals surface area contributed by atoms with Crippen LogP contribution in [0.3, 0.4) is 0 Å². The largest absolute Gasteiger partial charge is 0.489 e. The third kappa shape index (κ3) is 3.51. The van der Waals surface area contributed by atoms with Crippen molar-refractivity contribution in [1.82, 2.24) is 10.2 Å². The summed E-state index contributed by atoms with van der Waals surface area (Å²) in [6, 6.07) is 14.9. The number of ether oxygens (including phenoxy) is 2. The van der Waals surface area contributed by atoms with Crippen molar-refractivity contribution in [2.75, 3.05) is 0 Å². The normalized spacial score (nSPS) is 15.4. The Bertz CT molecular complexity index is 1130. The van der Waals surface area contributed by atoms with Crippen LogP contribution < -0.4 is 15.2 Å². The number of aromatic amines is 1.